The molecule has 0 spiro atoms. The highest BCUT2D eigenvalue weighted by Gasteiger charge is 2.34. The van der Waals surface area contributed by atoms with Crippen LogP contribution in [-0.4, -0.2) is 43.8 Å². The fourth-order valence-corrected chi connectivity index (χ4v) is 5.99. The lowest BCUT2D eigenvalue weighted by atomic mass is 10.1. The van der Waals surface area contributed by atoms with E-state index in [0.717, 1.165) is 15.4 Å². The second-order valence-electron chi connectivity index (χ2n) is 9.49. The highest BCUT2D eigenvalue weighted by molar-refractivity contribution is 7.92. The number of halogens is 2. The highest BCUT2D eigenvalue weighted by atomic mass is 35.5. The lowest BCUT2D eigenvalue weighted by Gasteiger charge is -2.33. The fourth-order valence-electron chi connectivity index (χ4n) is 4.12. The van der Waals surface area contributed by atoms with Gasteiger partial charge in [0.05, 0.1) is 20.6 Å². The predicted octanol–water partition coefficient (Wildman–Crippen LogP) is 5.83. The average Bonchev–Trinajstić information content (AvgIpc) is 2.89. The third-order valence-electron chi connectivity index (χ3n) is 6.10. The topological polar surface area (TPSA) is 86.8 Å². The summed E-state index contributed by atoms with van der Waals surface area (Å²) in [5.74, 6) is -0.873. The molecule has 10 heteroatoms. The Morgan fingerprint density at radius 2 is 1.56 bits per heavy atom. The van der Waals surface area contributed by atoms with Crippen LogP contribution in [0.4, 0.5) is 5.69 Å². The molecule has 39 heavy (non-hydrogen) atoms. The molecule has 2 amide bonds. The molecule has 0 heterocycles. The SMILES string of the molecule is CC[C@@H](C(=O)NC(C)C)N(Cc1ccccc1)C(=O)CN(c1cccc(Cl)c1Cl)S(=O)(=O)c1ccc(C)cc1. The van der Waals surface area contributed by atoms with Crippen molar-refractivity contribution in [3.05, 3.63) is 94.0 Å². The van der Waals surface area contributed by atoms with Crippen molar-refractivity contribution < 1.29 is 18.0 Å². The van der Waals surface area contributed by atoms with Gasteiger partial charge in [0.15, 0.2) is 0 Å². The summed E-state index contributed by atoms with van der Waals surface area (Å²) in [6.07, 6.45) is 0.333. The van der Waals surface area contributed by atoms with Crippen molar-refractivity contribution in [1.82, 2.24) is 10.2 Å². The number of carbonyl (C=O) groups is 2. The van der Waals surface area contributed by atoms with Crippen molar-refractivity contribution in [3.8, 4) is 0 Å². The molecule has 3 rings (SSSR count). The van der Waals surface area contributed by atoms with Crippen molar-refractivity contribution in [3.63, 3.8) is 0 Å². The van der Waals surface area contributed by atoms with Gasteiger partial charge in [0.25, 0.3) is 10.0 Å². The number of sulfonamides is 1. The Labute approximate surface area is 240 Å². The van der Waals surface area contributed by atoms with Gasteiger partial charge >= 0.3 is 0 Å². The molecule has 0 saturated carbocycles. The van der Waals surface area contributed by atoms with Crippen LogP contribution in [0.25, 0.3) is 0 Å². The summed E-state index contributed by atoms with van der Waals surface area (Å²) < 4.78 is 28.8. The zero-order valence-electron chi connectivity index (χ0n) is 22.4. The largest absolute Gasteiger partial charge is 0.352 e. The molecule has 0 radical (unpaired) electrons. The summed E-state index contributed by atoms with van der Waals surface area (Å²) in [5, 5.41) is 3.02. The van der Waals surface area contributed by atoms with Gasteiger partial charge in [0, 0.05) is 12.6 Å². The maximum Gasteiger partial charge on any atom is 0.264 e. The first-order chi connectivity index (χ1) is 18.4. The van der Waals surface area contributed by atoms with Gasteiger partial charge in [0.2, 0.25) is 11.8 Å². The number of nitrogens with zero attached hydrogens (tertiary/aromatic N) is 2. The van der Waals surface area contributed by atoms with Crippen molar-refractivity contribution in [2.45, 2.75) is 57.6 Å². The van der Waals surface area contributed by atoms with Gasteiger partial charge in [-0.2, -0.15) is 0 Å². The Hall–Kier alpha value is -3.07. The molecule has 3 aromatic carbocycles. The van der Waals surface area contributed by atoms with Gasteiger partial charge in [-0.3, -0.25) is 13.9 Å². The van der Waals surface area contributed by atoms with Crippen LogP contribution in [0.5, 0.6) is 0 Å². The quantitative estimate of drug-likeness (QED) is 0.305. The van der Waals surface area contributed by atoms with Crippen LogP contribution in [0.3, 0.4) is 0 Å². The van der Waals surface area contributed by atoms with Gasteiger partial charge < -0.3 is 10.2 Å². The molecule has 0 aliphatic rings. The minimum Gasteiger partial charge on any atom is -0.352 e. The maximum absolute atomic E-state index is 14.0. The van der Waals surface area contributed by atoms with E-state index in [-0.39, 0.29) is 39.1 Å². The normalized spacial score (nSPS) is 12.2. The van der Waals surface area contributed by atoms with Crippen LogP contribution >= 0.6 is 23.2 Å². The fraction of sp³-hybridized carbons (Fsp3) is 0.310. The van der Waals surface area contributed by atoms with Crippen LogP contribution in [0, 0.1) is 6.92 Å². The molecule has 1 atom stereocenters. The van der Waals surface area contributed by atoms with Crippen molar-refractivity contribution in [2.75, 3.05) is 10.8 Å². The zero-order chi connectivity index (χ0) is 28.7. The summed E-state index contributed by atoms with van der Waals surface area (Å²) >= 11 is 12.7. The van der Waals surface area contributed by atoms with E-state index in [1.165, 1.54) is 29.2 Å². The Kier molecular flexibility index (Phi) is 10.4. The van der Waals surface area contributed by atoms with Gasteiger partial charge in [-0.05, 0) is 57.0 Å². The second kappa shape index (κ2) is 13.3. The molecule has 0 bridgehead atoms. The van der Waals surface area contributed by atoms with E-state index in [4.69, 9.17) is 23.2 Å². The van der Waals surface area contributed by atoms with Gasteiger partial charge in [-0.15, -0.1) is 0 Å². The number of nitrogens with one attached hydrogen (secondary N) is 1. The monoisotopic (exact) mass is 589 g/mol. The molecular formula is C29H33Cl2N3O4S. The van der Waals surface area contributed by atoms with Crippen LogP contribution in [0.15, 0.2) is 77.7 Å². The molecule has 0 saturated heterocycles. The average molecular weight is 591 g/mol. The predicted molar refractivity (Wildman–Crippen MR) is 157 cm³/mol. The second-order valence-corrected chi connectivity index (χ2v) is 12.1. The number of aryl methyl sites for hydroxylation is 1. The van der Waals surface area contributed by atoms with Crippen molar-refractivity contribution in [1.29, 1.82) is 0 Å². The lowest BCUT2D eigenvalue weighted by molar-refractivity contribution is -0.140. The first-order valence-corrected chi connectivity index (χ1v) is 14.8. The number of hydrogen-bond acceptors (Lipinski definition) is 4. The summed E-state index contributed by atoms with van der Waals surface area (Å²) in [7, 11) is -4.24. The lowest BCUT2D eigenvalue weighted by Crippen LogP contribution is -2.53. The number of anilines is 1. The third-order valence-corrected chi connectivity index (χ3v) is 8.68. The Bertz CT molecular complexity index is 1400. The van der Waals surface area contributed by atoms with Crippen LogP contribution in [-0.2, 0) is 26.2 Å². The van der Waals surface area contributed by atoms with E-state index in [1.807, 2.05) is 58.0 Å². The van der Waals surface area contributed by atoms with E-state index in [2.05, 4.69) is 5.32 Å². The smallest absolute Gasteiger partial charge is 0.264 e. The molecule has 3 aromatic rings. The zero-order valence-corrected chi connectivity index (χ0v) is 24.7. The van der Waals surface area contributed by atoms with E-state index in [1.54, 1.807) is 18.2 Å². The maximum atomic E-state index is 14.0. The molecule has 0 aromatic heterocycles. The minimum atomic E-state index is -4.24. The standard InChI is InChI=1S/C29H33Cl2N3O4S/c1-5-25(29(36)32-20(2)3)33(18-22-10-7-6-8-11-22)27(35)19-34(26-13-9-12-24(30)28(26)31)39(37,38)23-16-14-21(4)15-17-23/h6-17,20,25H,5,18-19H2,1-4H3,(H,32,36)/t25-/m0/s1. The molecule has 0 aliphatic heterocycles. The Morgan fingerprint density at radius 1 is 0.923 bits per heavy atom. The van der Waals surface area contributed by atoms with Crippen LogP contribution in [0.2, 0.25) is 10.0 Å². The summed E-state index contributed by atoms with van der Waals surface area (Å²) in [6.45, 7) is 6.86. The van der Waals surface area contributed by atoms with Crippen molar-refractivity contribution in [2.24, 2.45) is 0 Å². The minimum absolute atomic E-state index is 0.00172. The van der Waals surface area contributed by atoms with E-state index in [9.17, 15) is 18.0 Å². The molecular weight excluding hydrogens is 557 g/mol. The number of amides is 2. The van der Waals surface area contributed by atoms with Crippen LogP contribution < -0.4 is 9.62 Å². The molecule has 0 fully saturated rings. The first-order valence-electron chi connectivity index (χ1n) is 12.6. The third kappa shape index (κ3) is 7.53. The Balaban J connectivity index is 2.09. The molecule has 1 N–H and O–H groups in total. The molecule has 0 aliphatic carbocycles. The number of carbonyl (C=O) groups excluding carboxylic acids is 2. The first kappa shape index (κ1) is 30.5. The summed E-state index contributed by atoms with van der Waals surface area (Å²) in [6, 6.07) is 19.2. The molecule has 7 nitrogen and oxygen atoms in total. The van der Waals surface area contributed by atoms with E-state index < -0.39 is 28.5 Å². The number of rotatable bonds is 11. The molecule has 0 unspecified atom stereocenters. The number of benzene rings is 3. The molecule has 208 valence electrons. The summed E-state index contributed by atoms with van der Waals surface area (Å²) in [5.41, 5.74) is 1.75. The number of hydrogen-bond donors (Lipinski definition) is 1. The van der Waals surface area contributed by atoms with E-state index >= 15 is 0 Å². The van der Waals surface area contributed by atoms with Gasteiger partial charge in [-0.25, -0.2) is 8.42 Å². The highest BCUT2D eigenvalue weighted by Crippen LogP contribution is 2.35. The Morgan fingerprint density at radius 3 is 2.15 bits per heavy atom. The van der Waals surface area contributed by atoms with Crippen molar-refractivity contribution >= 4 is 50.7 Å². The van der Waals surface area contributed by atoms with Gasteiger partial charge in [0.1, 0.15) is 12.6 Å². The van der Waals surface area contributed by atoms with E-state index in [0.29, 0.717) is 6.42 Å². The van der Waals surface area contributed by atoms with Gasteiger partial charge in [-0.1, -0.05) is 84.2 Å². The summed E-state index contributed by atoms with van der Waals surface area (Å²) in [4.78, 5) is 28.6. The van der Waals surface area contributed by atoms with Crippen LogP contribution in [0.1, 0.15) is 38.3 Å².